The third-order valence-corrected chi connectivity index (χ3v) is 5.47. The summed E-state index contributed by atoms with van der Waals surface area (Å²) in [5.41, 5.74) is 2.79. The number of hydrogen-bond acceptors (Lipinski definition) is 3. The molecule has 0 amide bonds. The van der Waals surface area contributed by atoms with Crippen LogP contribution in [-0.4, -0.2) is 30.1 Å². The monoisotopic (exact) mass is 370 g/mol. The van der Waals surface area contributed by atoms with Crippen LogP contribution >= 0.6 is 27.7 Å². The van der Waals surface area contributed by atoms with Gasteiger partial charge in [0.25, 0.3) is 0 Å². The minimum absolute atomic E-state index is 0.341. The van der Waals surface area contributed by atoms with Crippen LogP contribution < -0.4 is 10.2 Å². The Morgan fingerprint density at radius 3 is 2.81 bits per heavy atom. The van der Waals surface area contributed by atoms with Crippen LogP contribution in [0.1, 0.15) is 33.3 Å². The third kappa shape index (κ3) is 5.19. The lowest BCUT2D eigenvalue weighted by Crippen LogP contribution is -2.43. The van der Waals surface area contributed by atoms with Crippen LogP contribution in [0.3, 0.4) is 0 Å². The molecule has 1 aliphatic heterocycles. The zero-order chi connectivity index (χ0) is 15.5. The fourth-order valence-electron chi connectivity index (χ4n) is 2.72. The lowest BCUT2D eigenvalue weighted by atomic mass is 10.1. The summed E-state index contributed by atoms with van der Waals surface area (Å²) < 4.78 is 1.51. The van der Waals surface area contributed by atoms with E-state index >= 15 is 0 Å². The number of hydrogen-bond donors (Lipinski definition) is 1. The van der Waals surface area contributed by atoms with Crippen molar-refractivity contribution in [3.05, 3.63) is 28.2 Å². The largest absolute Gasteiger partial charge is 0.369 e. The van der Waals surface area contributed by atoms with Gasteiger partial charge in [0.2, 0.25) is 0 Å². The van der Waals surface area contributed by atoms with Crippen molar-refractivity contribution in [1.82, 2.24) is 5.32 Å². The van der Waals surface area contributed by atoms with E-state index in [2.05, 4.69) is 83.8 Å². The summed E-state index contributed by atoms with van der Waals surface area (Å²) in [4.78, 5) is 2.55. The van der Waals surface area contributed by atoms with Crippen molar-refractivity contribution < 1.29 is 0 Å². The van der Waals surface area contributed by atoms with Gasteiger partial charge in [-0.05, 0) is 50.1 Å². The maximum absolute atomic E-state index is 3.61. The topological polar surface area (TPSA) is 15.3 Å². The highest BCUT2D eigenvalue weighted by Crippen LogP contribution is 2.34. The number of nitrogens with one attached hydrogen (secondary N) is 1. The maximum Gasteiger partial charge on any atom is 0.0413 e. The summed E-state index contributed by atoms with van der Waals surface area (Å²) in [6.07, 6.45) is 0. The van der Waals surface area contributed by atoms with Crippen LogP contribution in [0.2, 0.25) is 0 Å². The van der Waals surface area contributed by atoms with E-state index in [0.29, 0.717) is 10.7 Å². The molecule has 1 saturated heterocycles. The van der Waals surface area contributed by atoms with Crippen molar-refractivity contribution in [2.75, 3.05) is 30.3 Å². The van der Waals surface area contributed by atoms with Crippen molar-refractivity contribution in [3.63, 3.8) is 0 Å². The van der Waals surface area contributed by atoms with Gasteiger partial charge >= 0.3 is 0 Å². The molecule has 0 radical (unpaired) electrons. The van der Waals surface area contributed by atoms with Crippen LogP contribution in [0.25, 0.3) is 0 Å². The first-order chi connectivity index (χ1) is 9.87. The van der Waals surface area contributed by atoms with E-state index in [1.165, 1.54) is 21.5 Å². The molecule has 4 heteroatoms. The van der Waals surface area contributed by atoms with E-state index in [4.69, 9.17) is 0 Å². The predicted molar refractivity (Wildman–Crippen MR) is 99.4 cm³/mol. The highest BCUT2D eigenvalue weighted by atomic mass is 79.9. The van der Waals surface area contributed by atoms with Gasteiger partial charge in [0, 0.05) is 40.3 Å². The summed E-state index contributed by atoms with van der Waals surface area (Å²) in [5, 5.41) is 3.58. The molecular weight excluding hydrogens is 344 g/mol. The fraction of sp³-hybridized carbons (Fsp3) is 0.647. The van der Waals surface area contributed by atoms with Gasteiger partial charge < -0.3 is 10.2 Å². The highest BCUT2D eigenvalue weighted by Gasteiger charge is 2.28. The van der Waals surface area contributed by atoms with Gasteiger partial charge in [0.1, 0.15) is 0 Å². The Labute approximate surface area is 142 Å². The molecule has 1 aromatic carbocycles. The van der Waals surface area contributed by atoms with Crippen LogP contribution in [-0.2, 0) is 6.54 Å². The first-order valence-corrected chi connectivity index (χ1v) is 9.53. The Hall–Kier alpha value is -0.190. The zero-order valence-corrected chi connectivity index (χ0v) is 16.0. The molecule has 0 bridgehead atoms. The molecule has 1 heterocycles. The molecule has 1 N–H and O–H groups in total. The third-order valence-electron chi connectivity index (χ3n) is 3.68. The quantitative estimate of drug-likeness (QED) is 0.819. The molecule has 1 aromatic rings. The van der Waals surface area contributed by atoms with Crippen molar-refractivity contribution in [3.8, 4) is 0 Å². The van der Waals surface area contributed by atoms with Gasteiger partial charge in [-0.3, -0.25) is 0 Å². The lowest BCUT2D eigenvalue weighted by Gasteiger charge is -2.39. The molecule has 2 rings (SSSR count). The van der Waals surface area contributed by atoms with Crippen molar-refractivity contribution >= 4 is 33.4 Å². The first-order valence-electron chi connectivity index (χ1n) is 7.75. The summed E-state index contributed by atoms with van der Waals surface area (Å²) >= 11 is 5.70. The second kappa shape index (κ2) is 7.38. The smallest absolute Gasteiger partial charge is 0.0413 e. The second-order valence-electron chi connectivity index (χ2n) is 6.83. The van der Waals surface area contributed by atoms with E-state index in [1.54, 1.807) is 0 Å². The van der Waals surface area contributed by atoms with Crippen LogP contribution in [0, 0.1) is 5.92 Å². The van der Waals surface area contributed by atoms with Gasteiger partial charge in [0.15, 0.2) is 0 Å². The minimum Gasteiger partial charge on any atom is -0.369 e. The molecule has 0 saturated carbocycles. The summed E-state index contributed by atoms with van der Waals surface area (Å²) in [5.74, 6) is 1.90. The number of benzene rings is 1. The molecule has 0 spiro atoms. The maximum atomic E-state index is 3.61. The van der Waals surface area contributed by atoms with Gasteiger partial charge in [-0.1, -0.05) is 29.8 Å². The average molecular weight is 371 g/mol. The number of rotatable bonds is 5. The minimum atomic E-state index is 0.341. The molecular formula is C17H27BrN2S. The summed E-state index contributed by atoms with van der Waals surface area (Å²) in [6, 6.07) is 6.69. The first kappa shape index (κ1) is 17.2. The normalized spacial score (nSPS) is 18.3. The van der Waals surface area contributed by atoms with Gasteiger partial charge in [0.05, 0.1) is 0 Å². The van der Waals surface area contributed by atoms with E-state index in [-0.39, 0.29) is 0 Å². The molecule has 0 aromatic heterocycles. The highest BCUT2D eigenvalue weighted by molar-refractivity contribution is 9.10. The van der Waals surface area contributed by atoms with Crippen molar-refractivity contribution in [2.45, 2.75) is 39.0 Å². The number of anilines is 1. The summed E-state index contributed by atoms with van der Waals surface area (Å²) in [6.45, 7) is 13.5. The van der Waals surface area contributed by atoms with Crippen molar-refractivity contribution in [1.29, 1.82) is 0 Å². The van der Waals surface area contributed by atoms with E-state index in [1.807, 2.05) is 0 Å². The molecule has 0 aliphatic carbocycles. The zero-order valence-electron chi connectivity index (χ0n) is 13.6. The average Bonchev–Trinajstić information content (AvgIpc) is 2.37. The fourth-order valence-corrected chi connectivity index (χ4v) is 4.24. The molecule has 1 fully saturated rings. The van der Waals surface area contributed by atoms with Crippen LogP contribution in [0.5, 0.6) is 0 Å². The van der Waals surface area contributed by atoms with Crippen LogP contribution in [0.4, 0.5) is 5.69 Å². The molecule has 2 nitrogen and oxygen atoms in total. The molecule has 0 atom stereocenters. The number of halogens is 1. The van der Waals surface area contributed by atoms with E-state index < -0.39 is 0 Å². The number of nitrogens with zero attached hydrogens (tertiary/aromatic N) is 1. The lowest BCUT2D eigenvalue weighted by molar-refractivity contribution is 0.551. The Balaban J connectivity index is 2.14. The van der Waals surface area contributed by atoms with Gasteiger partial charge in [-0.2, -0.15) is 11.8 Å². The van der Waals surface area contributed by atoms with Gasteiger partial charge in [-0.15, -0.1) is 0 Å². The Morgan fingerprint density at radius 1 is 1.38 bits per heavy atom. The van der Waals surface area contributed by atoms with Crippen LogP contribution in [0.15, 0.2) is 22.7 Å². The van der Waals surface area contributed by atoms with E-state index in [9.17, 15) is 0 Å². The number of thioether (sulfide) groups is 1. The molecule has 118 valence electrons. The Kier molecular flexibility index (Phi) is 6.04. The Bertz CT molecular complexity index is 474. The van der Waals surface area contributed by atoms with Gasteiger partial charge in [-0.25, -0.2) is 0 Å². The van der Waals surface area contributed by atoms with Crippen molar-refractivity contribution in [2.24, 2.45) is 5.92 Å². The molecule has 1 aliphatic rings. The standard InChI is InChI=1S/C17H27BrN2S/c1-13(2)10-19-11-14-9-15(18)5-6-16(14)20-7-8-21-17(3,4)12-20/h5-6,9,13,19H,7-8,10-12H2,1-4H3. The second-order valence-corrected chi connectivity index (χ2v) is 9.55. The SMILES string of the molecule is CC(C)CNCc1cc(Br)ccc1N1CCSC(C)(C)C1. The molecule has 0 unspecified atom stereocenters. The Morgan fingerprint density at radius 2 is 2.14 bits per heavy atom. The summed E-state index contributed by atoms with van der Waals surface area (Å²) in [7, 11) is 0. The molecule has 21 heavy (non-hydrogen) atoms. The van der Waals surface area contributed by atoms with E-state index in [0.717, 1.165) is 26.2 Å². The predicted octanol–water partition coefficient (Wildman–Crippen LogP) is 4.53.